The normalized spacial score (nSPS) is 14.4. The third kappa shape index (κ3) is 3.63. The van der Waals surface area contributed by atoms with Gasteiger partial charge in [0, 0.05) is 23.0 Å². The van der Waals surface area contributed by atoms with Crippen LogP contribution in [0.5, 0.6) is 5.75 Å². The minimum atomic E-state index is 0.738. The van der Waals surface area contributed by atoms with Crippen molar-refractivity contribution >= 4 is 11.3 Å². The molecule has 0 saturated heterocycles. The number of nitrogens with one attached hydrogen (secondary N) is 1. The first-order valence-electron chi connectivity index (χ1n) is 7.66. The van der Waals surface area contributed by atoms with Gasteiger partial charge in [-0.25, -0.2) is 4.98 Å². The highest BCUT2D eigenvalue weighted by atomic mass is 32.1. The highest BCUT2D eigenvalue weighted by Crippen LogP contribution is 2.31. The van der Waals surface area contributed by atoms with Crippen LogP contribution in [-0.4, -0.2) is 18.1 Å². The topological polar surface area (TPSA) is 34.1 Å². The minimum Gasteiger partial charge on any atom is -0.497 e. The standard InChI is InChI=1S/C17H22N2OS/c1-3-5-15-16(11-18-13-8-9-13)21-17(19-15)12-6-4-7-14(10-12)20-2/h4,6-7,10,13,18H,3,5,8-9,11H2,1-2H3. The molecule has 3 rings (SSSR count). The molecule has 0 amide bonds. The Morgan fingerprint density at radius 2 is 2.24 bits per heavy atom. The Hall–Kier alpha value is -1.39. The SMILES string of the molecule is CCCc1nc(-c2cccc(OC)c2)sc1CNC1CC1. The van der Waals surface area contributed by atoms with Crippen LogP contribution in [0.15, 0.2) is 24.3 Å². The number of aryl methyl sites for hydroxylation is 1. The lowest BCUT2D eigenvalue weighted by atomic mass is 10.2. The molecule has 1 heterocycles. The van der Waals surface area contributed by atoms with Crippen molar-refractivity contribution in [1.82, 2.24) is 10.3 Å². The first kappa shape index (κ1) is 14.5. The fourth-order valence-corrected chi connectivity index (χ4v) is 3.41. The van der Waals surface area contributed by atoms with Crippen LogP contribution in [0.4, 0.5) is 0 Å². The predicted octanol–water partition coefficient (Wildman–Crippen LogP) is 4.02. The molecular weight excluding hydrogens is 280 g/mol. The summed E-state index contributed by atoms with van der Waals surface area (Å²) in [4.78, 5) is 6.26. The third-order valence-corrected chi connectivity index (χ3v) is 4.86. The Morgan fingerprint density at radius 3 is 2.95 bits per heavy atom. The van der Waals surface area contributed by atoms with Crippen LogP contribution >= 0.6 is 11.3 Å². The molecule has 21 heavy (non-hydrogen) atoms. The van der Waals surface area contributed by atoms with Crippen molar-refractivity contribution in [2.75, 3.05) is 7.11 Å². The van der Waals surface area contributed by atoms with Gasteiger partial charge in [-0.1, -0.05) is 25.5 Å². The largest absolute Gasteiger partial charge is 0.497 e. The molecule has 0 aliphatic heterocycles. The van der Waals surface area contributed by atoms with E-state index in [-0.39, 0.29) is 0 Å². The molecule has 1 aliphatic carbocycles. The van der Waals surface area contributed by atoms with Gasteiger partial charge in [-0.05, 0) is 31.4 Å². The molecule has 1 aromatic carbocycles. The Balaban J connectivity index is 1.84. The lowest BCUT2D eigenvalue weighted by Crippen LogP contribution is -2.15. The Kier molecular flexibility index (Phi) is 4.56. The van der Waals surface area contributed by atoms with Crippen LogP contribution in [-0.2, 0) is 13.0 Å². The average Bonchev–Trinajstić information content (AvgIpc) is 3.26. The van der Waals surface area contributed by atoms with Crippen molar-refractivity contribution in [1.29, 1.82) is 0 Å². The molecule has 1 aromatic heterocycles. The molecule has 0 spiro atoms. The number of ether oxygens (including phenoxy) is 1. The minimum absolute atomic E-state index is 0.738. The monoisotopic (exact) mass is 302 g/mol. The Labute approximate surface area is 130 Å². The van der Waals surface area contributed by atoms with Crippen molar-refractivity contribution in [3.05, 3.63) is 34.8 Å². The van der Waals surface area contributed by atoms with Crippen LogP contribution in [0, 0.1) is 0 Å². The van der Waals surface area contributed by atoms with Gasteiger partial charge in [-0.15, -0.1) is 11.3 Å². The lowest BCUT2D eigenvalue weighted by molar-refractivity contribution is 0.415. The van der Waals surface area contributed by atoms with E-state index in [1.165, 1.54) is 23.4 Å². The number of rotatable bonds is 7. The molecule has 0 unspecified atom stereocenters. The summed E-state index contributed by atoms with van der Waals surface area (Å²) in [6.45, 7) is 3.17. The summed E-state index contributed by atoms with van der Waals surface area (Å²) >= 11 is 1.81. The first-order chi connectivity index (χ1) is 10.3. The molecular formula is C17H22N2OS. The van der Waals surface area contributed by atoms with Crippen molar-refractivity contribution < 1.29 is 4.74 Å². The molecule has 4 heteroatoms. The van der Waals surface area contributed by atoms with E-state index in [2.05, 4.69) is 24.4 Å². The third-order valence-electron chi connectivity index (χ3n) is 3.71. The van der Waals surface area contributed by atoms with Crippen LogP contribution in [0.2, 0.25) is 0 Å². The van der Waals surface area contributed by atoms with E-state index < -0.39 is 0 Å². The van der Waals surface area contributed by atoms with E-state index in [1.54, 1.807) is 7.11 Å². The summed E-state index contributed by atoms with van der Waals surface area (Å²) in [5.41, 5.74) is 2.41. The summed E-state index contributed by atoms with van der Waals surface area (Å²) < 4.78 is 5.31. The van der Waals surface area contributed by atoms with Crippen molar-refractivity contribution in [3.63, 3.8) is 0 Å². The van der Waals surface area contributed by atoms with Crippen LogP contribution in [0.1, 0.15) is 36.8 Å². The highest BCUT2D eigenvalue weighted by molar-refractivity contribution is 7.15. The number of hydrogen-bond acceptors (Lipinski definition) is 4. The van der Waals surface area contributed by atoms with Crippen molar-refractivity contribution in [3.8, 4) is 16.3 Å². The van der Waals surface area contributed by atoms with E-state index in [0.717, 1.165) is 41.7 Å². The van der Waals surface area contributed by atoms with Crippen molar-refractivity contribution in [2.45, 2.75) is 45.2 Å². The van der Waals surface area contributed by atoms with Gasteiger partial charge >= 0.3 is 0 Å². The smallest absolute Gasteiger partial charge is 0.124 e. The molecule has 0 atom stereocenters. The maximum atomic E-state index is 5.31. The predicted molar refractivity (Wildman–Crippen MR) is 88.0 cm³/mol. The van der Waals surface area contributed by atoms with Gasteiger partial charge in [-0.3, -0.25) is 0 Å². The quantitative estimate of drug-likeness (QED) is 0.838. The lowest BCUT2D eigenvalue weighted by Gasteiger charge is -2.01. The van der Waals surface area contributed by atoms with Gasteiger partial charge in [0.2, 0.25) is 0 Å². The van der Waals surface area contributed by atoms with E-state index in [9.17, 15) is 0 Å². The first-order valence-corrected chi connectivity index (χ1v) is 8.48. The zero-order chi connectivity index (χ0) is 14.7. The molecule has 2 aromatic rings. The summed E-state index contributed by atoms with van der Waals surface area (Å²) in [6, 6.07) is 8.90. The maximum Gasteiger partial charge on any atom is 0.124 e. The van der Waals surface area contributed by atoms with Gasteiger partial charge in [-0.2, -0.15) is 0 Å². The van der Waals surface area contributed by atoms with Crippen LogP contribution < -0.4 is 10.1 Å². The van der Waals surface area contributed by atoms with Gasteiger partial charge in [0.1, 0.15) is 10.8 Å². The van der Waals surface area contributed by atoms with Gasteiger partial charge < -0.3 is 10.1 Å². The van der Waals surface area contributed by atoms with Gasteiger partial charge in [0.05, 0.1) is 12.8 Å². The summed E-state index contributed by atoms with van der Waals surface area (Å²) in [5, 5.41) is 4.71. The van der Waals surface area contributed by atoms with Crippen molar-refractivity contribution in [2.24, 2.45) is 0 Å². The second-order valence-electron chi connectivity index (χ2n) is 5.53. The van der Waals surface area contributed by atoms with Crippen LogP contribution in [0.3, 0.4) is 0 Å². The second kappa shape index (κ2) is 6.58. The summed E-state index contributed by atoms with van der Waals surface area (Å²) in [6.07, 6.45) is 4.84. The van der Waals surface area contributed by atoms with E-state index >= 15 is 0 Å². The number of nitrogens with zero attached hydrogens (tertiary/aromatic N) is 1. The molecule has 1 saturated carbocycles. The zero-order valence-electron chi connectivity index (χ0n) is 12.7. The van der Waals surface area contributed by atoms with E-state index in [4.69, 9.17) is 9.72 Å². The number of methoxy groups -OCH3 is 1. The molecule has 1 aliphatic rings. The van der Waals surface area contributed by atoms with Gasteiger partial charge in [0.15, 0.2) is 0 Å². The molecule has 1 fully saturated rings. The number of thiazole rings is 1. The maximum absolute atomic E-state index is 5.31. The number of benzene rings is 1. The molecule has 1 N–H and O–H groups in total. The zero-order valence-corrected chi connectivity index (χ0v) is 13.5. The van der Waals surface area contributed by atoms with E-state index in [0.29, 0.717) is 0 Å². The number of aromatic nitrogens is 1. The molecule has 0 bridgehead atoms. The fourth-order valence-electron chi connectivity index (χ4n) is 2.36. The number of hydrogen-bond donors (Lipinski definition) is 1. The Morgan fingerprint density at radius 1 is 1.38 bits per heavy atom. The molecule has 0 radical (unpaired) electrons. The molecule has 3 nitrogen and oxygen atoms in total. The van der Waals surface area contributed by atoms with Gasteiger partial charge in [0.25, 0.3) is 0 Å². The molecule has 112 valence electrons. The fraction of sp³-hybridized carbons (Fsp3) is 0.471. The summed E-state index contributed by atoms with van der Waals surface area (Å²) in [5.74, 6) is 0.886. The highest BCUT2D eigenvalue weighted by Gasteiger charge is 2.21. The van der Waals surface area contributed by atoms with E-state index in [1.807, 2.05) is 23.5 Å². The Bertz CT molecular complexity index is 605. The summed E-state index contributed by atoms with van der Waals surface area (Å²) in [7, 11) is 1.70. The average molecular weight is 302 g/mol. The second-order valence-corrected chi connectivity index (χ2v) is 6.61. The van der Waals surface area contributed by atoms with Crippen LogP contribution in [0.25, 0.3) is 10.6 Å².